The molecule has 5 nitrogen and oxygen atoms in total. The molecule has 0 spiro atoms. The van der Waals surface area contributed by atoms with Crippen LogP contribution in [-0.2, 0) is 30.6 Å². The summed E-state index contributed by atoms with van der Waals surface area (Å²) in [5, 5.41) is 18.3. The summed E-state index contributed by atoms with van der Waals surface area (Å²) in [7, 11) is 1.78. The van der Waals surface area contributed by atoms with Crippen LogP contribution in [0.5, 0.6) is 0 Å². The second-order valence-corrected chi connectivity index (χ2v) is 17.0. The Morgan fingerprint density at radius 1 is 0.492 bits per heavy atom. The Morgan fingerprint density at radius 2 is 0.869 bits per heavy atom. The molecule has 378 valence electrons. The number of nitrogens with zero attached hydrogens (tertiary/aromatic N) is 1. The summed E-state index contributed by atoms with van der Waals surface area (Å²) < 4.78 is 5.09. The summed E-state index contributed by atoms with van der Waals surface area (Å²) in [6.07, 6.45) is 42.3. The van der Waals surface area contributed by atoms with Crippen molar-refractivity contribution >= 4 is 6.29 Å². The maximum atomic E-state index is 10.0. The summed E-state index contributed by atoms with van der Waals surface area (Å²) in [6.45, 7) is 34.7. The van der Waals surface area contributed by atoms with Crippen LogP contribution in [0.3, 0.4) is 0 Å². The Bertz CT molecular complexity index is 588. The van der Waals surface area contributed by atoms with Gasteiger partial charge in [-0.3, -0.25) is 0 Å². The number of methoxy groups -OCH3 is 1. The van der Waals surface area contributed by atoms with Gasteiger partial charge in [0.05, 0.1) is 6.10 Å². The fraction of sp³-hybridized carbons (Fsp3) is 0.964. The number of hydrogen-bond acceptors (Lipinski definition) is 5. The maximum absolute atomic E-state index is 10.0. The van der Waals surface area contributed by atoms with E-state index in [4.69, 9.17) is 9.84 Å². The van der Waals surface area contributed by atoms with Gasteiger partial charge in [-0.25, -0.2) is 0 Å². The van der Waals surface area contributed by atoms with E-state index in [9.17, 15) is 9.90 Å². The quantitative estimate of drug-likeness (QED) is 0.0372. The van der Waals surface area contributed by atoms with Crippen molar-refractivity contribution in [3.8, 4) is 0 Å². The number of aliphatic hydroxyl groups excluding tert-OH is 2. The molecule has 0 heterocycles. The summed E-state index contributed by atoms with van der Waals surface area (Å²) in [5.74, 6) is 0.273. The molecule has 61 heavy (non-hydrogen) atoms. The molecular formula is C55H122NO4W-. The molecule has 0 saturated carbocycles. The van der Waals surface area contributed by atoms with Gasteiger partial charge >= 0.3 is 0 Å². The van der Waals surface area contributed by atoms with Gasteiger partial charge < -0.3 is 31.6 Å². The molecule has 0 aliphatic rings. The van der Waals surface area contributed by atoms with Gasteiger partial charge in [-0.05, 0) is 77.4 Å². The molecule has 0 saturated heterocycles. The average Bonchev–Trinajstić information content (AvgIpc) is 3.26. The van der Waals surface area contributed by atoms with Crippen molar-refractivity contribution in [2.75, 3.05) is 40.0 Å². The van der Waals surface area contributed by atoms with Gasteiger partial charge in [0.2, 0.25) is 0 Å². The van der Waals surface area contributed by atoms with E-state index in [0.29, 0.717) is 6.61 Å². The summed E-state index contributed by atoms with van der Waals surface area (Å²) in [5.41, 5.74) is 0. The summed E-state index contributed by atoms with van der Waals surface area (Å²) >= 11 is 0. The van der Waals surface area contributed by atoms with Crippen molar-refractivity contribution in [2.24, 2.45) is 5.92 Å². The molecular weight excluding hydrogens is 922 g/mol. The molecule has 2 N–H and O–H groups in total. The Hall–Kier alpha value is 0.198. The molecule has 0 aromatic heterocycles. The van der Waals surface area contributed by atoms with E-state index in [-0.39, 0.29) is 33.1 Å². The predicted molar refractivity (Wildman–Crippen MR) is 277 cm³/mol. The number of unbranched alkanes of at least 4 members (excludes halogenated alkanes) is 20. The second kappa shape index (κ2) is 87.2. The zero-order chi connectivity index (χ0) is 47.0. The third-order valence-electron chi connectivity index (χ3n) is 9.89. The van der Waals surface area contributed by atoms with Gasteiger partial charge in [0.15, 0.2) is 0 Å². The van der Waals surface area contributed by atoms with Crippen molar-refractivity contribution in [1.29, 1.82) is 0 Å². The minimum absolute atomic E-state index is 0. The molecule has 2 atom stereocenters. The first-order valence-electron chi connectivity index (χ1n) is 26.9. The van der Waals surface area contributed by atoms with Gasteiger partial charge in [0, 0.05) is 47.3 Å². The molecule has 0 rings (SSSR count). The number of rotatable bonds is 36. The van der Waals surface area contributed by atoms with Crippen LogP contribution in [0.1, 0.15) is 295 Å². The molecule has 0 amide bonds. The first-order chi connectivity index (χ1) is 29.1. The number of aldehydes is 1. The molecule has 0 bridgehead atoms. The third-order valence-corrected chi connectivity index (χ3v) is 9.89. The Labute approximate surface area is 403 Å². The Kier molecular flexibility index (Phi) is 112. The fourth-order valence-electron chi connectivity index (χ4n) is 5.49. The van der Waals surface area contributed by atoms with E-state index in [1.807, 2.05) is 6.92 Å². The standard InChI is InChI=1S/C18H38NO2.C13H28O.C7H14O.C6H14.2C4H10.C3H8.W/c1-3-4-5-9-14-19(16-11-8-12-17-20)15-10-6-7-13-18-21-2;1-3-5-6-7-8-9-10-12-13(14)11-4-2;1-3-4-5-7(2)6-8;1-3-5-6-4-2;2*1-3-4-2;1-3-2;/h20H,1,3-18H2,2H3;13-14H,3-12H2,1-2H3;6-7H,3-5H2,1-2H3;3-6H2,1-2H3;2*3-4H2,1-2H3;3H2,1-2H3;/q-1;;;;;;;/t;;7-;;;;;/m..1...../s1. The number of carbonyl (C=O) groups is 1. The third kappa shape index (κ3) is 109. The molecule has 0 fully saturated rings. The monoisotopic (exact) mass is 1040 g/mol. The largest absolute Gasteiger partial charge is 0.396 e. The SMILES string of the molecule is CCC.CCCC.CCCC.CCCCCC.CCCCCCCCCC(O)CCC.CCCC[C@@H](C)C=O.[CH2-]CCCCCN(CCCCCO)CCCCCCOC.[W]. The first-order valence-corrected chi connectivity index (χ1v) is 26.9. The van der Waals surface area contributed by atoms with Gasteiger partial charge in [-0.15, -0.1) is 0 Å². The number of hydrogen-bond donors (Lipinski definition) is 2. The number of aliphatic hydroxyl groups is 2. The van der Waals surface area contributed by atoms with Crippen molar-refractivity contribution in [3.63, 3.8) is 0 Å². The predicted octanol–water partition coefficient (Wildman–Crippen LogP) is 18.0. The van der Waals surface area contributed by atoms with Crippen molar-refractivity contribution in [3.05, 3.63) is 6.92 Å². The molecule has 0 aromatic rings. The maximum Gasteiger partial charge on any atom is 0.122 e. The molecule has 0 aliphatic heterocycles. The van der Waals surface area contributed by atoms with Crippen LogP contribution in [-0.4, -0.2) is 67.5 Å². The summed E-state index contributed by atoms with van der Waals surface area (Å²) in [6, 6.07) is 0. The van der Waals surface area contributed by atoms with E-state index in [0.717, 1.165) is 57.8 Å². The minimum atomic E-state index is -0.0318. The van der Waals surface area contributed by atoms with Crippen molar-refractivity contribution in [1.82, 2.24) is 4.90 Å². The van der Waals surface area contributed by atoms with Crippen LogP contribution in [0.25, 0.3) is 0 Å². The van der Waals surface area contributed by atoms with Gasteiger partial charge in [0.25, 0.3) is 0 Å². The number of ether oxygens (including phenoxy) is 1. The average molecular weight is 1050 g/mol. The summed E-state index contributed by atoms with van der Waals surface area (Å²) in [4.78, 5) is 12.6. The second-order valence-electron chi connectivity index (χ2n) is 17.0. The Balaban J connectivity index is -0.000000101. The molecule has 0 radical (unpaired) electrons. The fourth-order valence-corrected chi connectivity index (χ4v) is 5.49. The van der Waals surface area contributed by atoms with Crippen LogP contribution < -0.4 is 0 Å². The van der Waals surface area contributed by atoms with E-state index in [2.05, 4.69) is 88.0 Å². The Morgan fingerprint density at radius 3 is 1.25 bits per heavy atom. The van der Waals surface area contributed by atoms with Gasteiger partial charge in [-0.1, -0.05) is 231 Å². The zero-order valence-electron chi connectivity index (χ0n) is 44.9. The zero-order valence-corrected chi connectivity index (χ0v) is 47.8. The van der Waals surface area contributed by atoms with Crippen molar-refractivity contribution in [2.45, 2.75) is 301 Å². The normalized spacial score (nSPS) is 10.8. The van der Waals surface area contributed by atoms with E-state index >= 15 is 0 Å². The minimum Gasteiger partial charge on any atom is -0.396 e. The van der Waals surface area contributed by atoms with Gasteiger partial charge in [0.1, 0.15) is 6.29 Å². The topological polar surface area (TPSA) is 70.0 Å². The molecule has 6 heteroatoms. The van der Waals surface area contributed by atoms with E-state index in [1.165, 1.54) is 187 Å². The van der Waals surface area contributed by atoms with Gasteiger partial charge in [-0.2, -0.15) is 6.42 Å². The van der Waals surface area contributed by atoms with E-state index in [1.54, 1.807) is 7.11 Å². The van der Waals surface area contributed by atoms with Crippen LogP contribution >= 0.6 is 0 Å². The molecule has 0 aromatic carbocycles. The van der Waals surface area contributed by atoms with Crippen LogP contribution in [0.2, 0.25) is 0 Å². The van der Waals surface area contributed by atoms with Crippen LogP contribution in [0, 0.1) is 12.8 Å². The van der Waals surface area contributed by atoms with Crippen LogP contribution in [0.4, 0.5) is 0 Å². The first kappa shape index (κ1) is 78.4. The molecule has 1 unspecified atom stereocenters. The van der Waals surface area contributed by atoms with Crippen LogP contribution in [0.15, 0.2) is 0 Å². The van der Waals surface area contributed by atoms with E-state index < -0.39 is 0 Å². The molecule has 0 aliphatic carbocycles. The number of carbonyl (C=O) groups excluding carboxylic acids is 1. The van der Waals surface area contributed by atoms with Crippen molar-refractivity contribution < 1.29 is 40.8 Å². The smallest absolute Gasteiger partial charge is 0.122 e.